The third kappa shape index (κ3) is 44.0. The van der Waals surface area contributed by atoms with Crippen LogP contribution in [0, 0.1) is 0 Å². The molecule has 0 amide bonds. The SMILES string of the molecule is CCC(=O)O.CCC(=O)O.[Mn]. The van der Waals surface area contributed by atoms with Crippen LogP contribution in [-0.4, -0.2) is 22.2 Å². The van der Waals surface area contributed by atoms with Crippen molar-refractivity contribution >= 4 is 11.9 Å². The van der Waals surface area contributed by atoms with Crippen molar-refractivity contribution in [1.82, 2.24) is 0 Å². The molecule has 0 rings (SSSR count). The van der Waals surface area contributed by atoms with Crippen molar-refractivity contribution in [1.29, 1.82) is 0 Å². The summed E-state index contributed by atoms with van der Waals surface area (Å²) >= 11 is 0. The first-order chi connectivity index (χ1) is 4.54. The van der Waals surface area contributed by atoms with Crippen molar-refractivity contribution in [3.8, 4) is 0 Å². The van der Waals surface area contributed by atoms with E-state index in [9.17, 15) is 9.59 Å². The van der Waals surface area contributed by atoms with Gasteiger partial charge in [0.05, 0.1) is 0 Å². The van der Waals surface area contributed by atoms with E-state index in [0.29, 0.717) is 0 Å². The van der Waals surface area contributed by atoms with E-state index >= 15 is 0 Å². The standard InChI is InChI=1S/2C3H6O2.Mn/c2*1-2-3(4)5;/h2*2H2,1H3,(H,4,5);. The largest absolute Gasteiger partial charge is 0.481 e. The molecule has 0 saturated carbocycles. The molecule has 0 aliphatic heterocycles. The van der Waals surface area contributed by atoms with Crippen molar-refractivity contribution in [2.45, 2.75) is 26.7 Å². The van der Waals surface area contributed by atoms with Crippen LogP contribution in [-0.2, 0) is 26.7 Å². The molecule has 0 atom stereocenters. The van der Waals surface area contributed by atoms with Gasteiger partial charge in [0.1, 0.15) is 0 Å². The summed E-state index contributed by atoms with van der Waals surface area (Å²) < 4.78 is 0. The van der Waals surface area contributed by atoms with Crippen LogP contribution in [0.1, 0.15) is 26.7 Å². The van der Waals surface area contributed by atoms with Gasteiger partial charge in [-0.05, 0) is 0 Å². The summed E-state index contributed by atoms with van der Waals surface area (Å²) in [6.45, 7) is 3.20. The number of rotatable bonds is 2. The molecule has 0 aromatic heterocycles. The Morgan fingerprint density at radius 2 is 1.09 bits per heavy atom. The van der Waals surface area contributed by atoms with Crippen molar-refractivity contribution in [3.05, 3.63) is 0 Å². The van der Waals surface area contributed by atoms with E-state index in [1.165, 1.54) is 0 Å². The Labute approximate surface area is 76.1 Å². The smallest absolute Gasteiger partial charge is 0.303 e. The van der Waals surface area contributed by atoms with Crippen LogP contribution in [0.2, 0.25) is 0 Å². The summed E-state index contributed by atoms with van der Waals surface area (Å²) in [5, 5.41) is 15.4. The van der Waals surface area contributed by atoms with Crippen molar-refractivity contribution in [2.75, 3.05) is 0 Å². The van der Waals surface area contributed by atoms with Gasteiger partial charge in [-0.2, -0.15) is 0 Å². The maximum Gasteiger partial charge on any atom is 0.303 e. The molecule has 0 aliphatic carbocycles. The molecule has 0 fully saturated rings. The van der Waals surface area contributed by atoms with Gasteiger partial charge in [0.25, 0.3) is 0 Å². The fourth-order valence-electron chi connectivity index (χ4n) is 0. The average molecular weight is 203 g/mol. The molecule has 0 unspecified atom stereocenters. The van der Waals surface area contributed by atoms with E-state index in [0.717, 1.165) is 0 Å². The number of carboxylic acid groups (broad SMARTS) is 2. The summed E-state index contributed by atoms with van der Waals surface area (Å²) in [4.78, 5) is 18.7. The summed E-state index contributed by atoms with van der Waals surface area (Å²) in [5.41, 5.74) is 0. The number of carboxylic acids is 2. The first kappa shape index (κ1) is 16.8. The van der Waals surface area contributed by atoms with Gasteiger partial charge in [-0.3, -0.25) is 9.59 Å². The Balaban J connectivity index is -0.000000107. The summed E-state index contributed by atoms with van der Waals surface area (Å²) in [6, 6.07) is 0. The second-order valence-electron chi connectivity index (χ2n) is 1.49. The molecule has 2 N–H and O–H groups in total. The molecule has 11 heavy (non-hydrogen) atoms. The molecule has 67 valence electrons. The van der Waals surface area contributed by atoms with Gasteiger partial charge in [-0.25, -0.2) is 0 Å². The molecular weight excluding hydrogens is 191 g/mol. The van der Waals surface area contributed by atoms with E-state index < -0.39 is 11.9 Å². The van der Waals surface area contributed by atoms with Crippen LogP contribution in [0.15, 0.2) is 0 Å². The van der Waals surface area contributed by atoms with Crippen LogP contribution in [0.5, 0.6) is 0 Å². The molecule has 5 heteroatoms. The molecule has 1 radical (unpaired) electrons. The predicted molar refractivity (Wildman–Crippen MR) is 35.9 cm³/mol. The second-order valence-corrected chi connectivity index (χ2v) is 1.49. The van der Waals surface area contributed by atoms with Crippen LogP contribution in [0.4, 0.5) is 0 Å². The zero-order chi connectivity index (χ0) is 8.57. The second kappa shape index (κ2) is 12.2. The van der Waals surface area contributed by atoms with Gasteiger partial charge in [-0.1, -0.05) is 13.8 Å². The molecule has 0 spiro atoms. The number of aliphatic carboxylic acids is 2. The Morgan fingerprint density at radius 3 is 1.09 bits per heavy atom. The molecule has 0 aromatic rings. The molecule has 0 bridgehead atoms. The summed E-state index contributed by atoms with van der Waals surface area (Å²) in [7, 11) is 0. The number of hydrogen-bond donors (Lipinski definition) is 2. The maximum absolute atomic E-state index is 9.37. The fourth-order valence-corrected chi connectivity index (χ4v) is 0. The van der Waals surface area contributed by atoms with Crippen molar-refractivity contribution < 1.29 is 36.9 Å². The maximum atomic E-state index is 9.37. The van der Waals surface area contributed by atoms with Crippen LogP contribution >= 0.6 is 0 Å². The van der Waals surface area contributed by atoms with Gasteiger partial charge in [0, 0.05) is 29.9 Å². The van der Waals surface area contributed by atoms with E-state index in [1.807, 2.05) is 0 Å². The zero-order valence-corrected chi connectivity index (χ0v) is 7.68. The minimum absolute atomic E-state index is 0. The topological polar surface area (TPSA) is 74.6 Å². The van der Waals surface area contributed by atoms with Crippen molar-refractivity contribution in [2.24, 2.45) is 0 Å². The van der Waals surface area contributed by atoms with Crippen molar-refractivity contribution in [3.63, 3.8) is 0 Å². The minimum Gasteiger partial charge on any atom is -0.481 e. The van der Waals surface area contributed by atoms with Gasteiger partial charge in [0.15, 0.2) is 0 Å². The monoisotopic (exact) mass is 203 g/mol. The quantitative estimate of drug-likeness (QED) is 0.655. The third-order valence-electron chi connectivity index (χ3n) is 0.605. The molecular formula is C6H12MnO4. The molecule has 0 aliphatic rings. The van der Waals surface area contributed by atoms with Crippen LogP contribution < -0.4 is 0 Å². The number of hydrogen-bond acceptors (Lipinski definition) is 2. The predicted octanol–water partition coefficient (Wildman–Crippen LogP) is 0.960. The summed E-state index contributed by atoms with van der Waals surface area (Å²) in [6.07, 6.45) is 0.444. The fraction of sp³-hybridized carbons (Fsp3) is 0.667. The van der Waals surface area contributed by atoms with Gasteiger partial charge < -0.3 is 10.2 Å². The van der Waals surface area contributed by atoms with Crippen LogP contribution in [0.25, 0.3) is 0 Å². The Morgan fingerprint density at radius 1 is 1.00 bits per heavy atom. The molecule has 4 nitrogen and oxygen atoms in total. The van der Waals surface area contributed by atoms with Gasteiger partial charge in [-0.15, -0.1) is 0 Å². The zero-order valence-electron chi connectivity index (χ0n) is 6.50. The third-order valence-corrected chi connectivity index (χ3v) is 0.605. The van der Waals surface area contributed by atoms with Gasteiger partial charge in [0.2, 0.25) is 0 Å². The first-order valence-corrected chi connectivity index (χ1v) is 2.98. The molecule has 0 saturated heterocycles. The van der Waals surface area contributed by atoms with E-state index in [-0.39, 0.29) is 29.9 Å². The Kier molecular flexibility index (Phi) is 18.6. The molecule has 0 aromatic carbocycles. The first-order valence-electron chi connectivity index (χ1n) is 2.98. The molecule has 0 heterocycles. The number of carbonyl (C=O) groups is 2. The summed E-state index contributed by atoms with van der Waals surface area (Å²) in [5.74, 6) is -1.49. The van der Waals surface area contributed by atoms with Crippen LogP contribution in [0.3, 0.4) is 0 Å². The Hall–Kier alpha value is -0.541. The van der Waals surface area contributed by atoms with E-state index in [2.05, 4.69) is 0 Å². The normalized spacial score (nSPS) is 6.73. The van der Waals surface area contributed by atoms with Gasteiger partial charge >= 0.3 is 11.9 Å². The van der Waals surface area contributed by atoms with E-state index in [4.69, 9.17) is 10.2 Å². The average Bonchev–Trinajstić information content (AvgIpc) is 1.89. The van der Waals surface area contributed by atoms with E-state index in [1.54, 1.807) is 13.8 Å². The Bertz CT molecular complexity index is 99.1. The minimum atomic E-state index is -0.745.